The van der Waals surface area contributed by atoms with E-state index < -0.39 is 5.97 Å². The van der Waals surface area contributed by atoms with E-state index in [0.717, 1.165) is 38.9 Å². The van der Waals surface area contributed by atoms with E-state index >= 15 is 0 Å². The number of carboxylic acid groups (broad SMARTS) is 1. The van der Waals surface area contributed by atoms with Crippen molar-refractivity contribution in [1.29, 1.82) is 0 Å². The number of nitrogens with zero attached hydrogens (tertiary/aromatic N) is 2. The topological polar surface area (TPSA) is 60.9 Å². The van der Waals surface area contributed by atoms with Crippen molar-refractivity contribution in [3.05, 3.63) is 0 Å². The lowest BCUT2D eigenvalue weighted by atomic mass is 9.90. The van der Waals surface area contributed by atoms with Gasteiger partial charge in [-0.2, -0.15) is 0 Å². The Labute approximate surface area is 134 Å². The lowest BCUT2D eigenvalue weighted by Crippen LogP contribution is -2.42. The third-order valence-electron chi connectivity index (χ3n) is 4.34. The van der Waals surface area contributed by atoms with Crippen molar-refractivity contribution in [2.24, 2.45) is 5.41 Å². The van der Waals surface area contributed by atoms with Crippen LogP contribution in [0.4, 0.5) is 0 Å². The van der Waals surface area contributed by atoms with Gasteiger partial charge >= 0.3 is 5.97 Å². The number of aliphatic carboxylic acids is 1. The van der Waals surface area contributed by atoms with Crippen molar-refractivity contribution in [1.82, 2.24) is 9.80 Å². The Morgan fingerprint density at radius 2 is 1.91 bits per heavy atom. The Balaban J connectivity index is 2.46. The van der Waals surface area contributed by atoms with Crippen LogP contribution in [-0.4, -0.2) is 59.0 Å². The number of hydrogen-bond acceptors (Lipinski definition) is 3. The van der Waals surface area contributed by atoms with E-state index in [1.54, 1.807) is 0 Å². The van der Waals surface area contributed by atoms with Crippen LogP contribution in [-0.2, 0) is 9.59 Å². The third-order valence-corrected chi connectivity index (χ3v) is 4.34. The first kappa shape index (κ1) is 18.9. The minimum absolute atomic E-state index is 0.0706. The van der Waals surface area contributed by atoms with Crippen LogP contribution in [0, 0.1) is 5.41 Å². The molecule has 5 heteroatoms. The fourth-order valence-corrected chi connectivity index (χ4v) is 3.15. The van der Waals surface area contributed by atoms with Crippen molar-refractivity contribution in [3.63, 3.8) is 0 Å². The molecule has 1 N–H and O–H groups in total. The minimum atomic E-state index is -0.929. The predicted octanol–water partition coefficient (Wildman–Crippen LogP) is 2.60. The van der Waals surface area contributed by atoms with Gasteiger partial charge in [-0.3, -0.25) is 9.59 Å². The molecule has 0 aromatic rings. The van der Waals surface area contributed by atoms with Crippen LogP contribution >= 0.6 is 0 Å². The Kier molecular flexibility index (Phi) is 7.33. The van der Waals surface area contributed by atoms with E-state index in [1.807, 2.05) is 0 Å². The maximum atomic E-state index is 11.7. The molecule has 1 amide bonds. The summed E-state index contributed by atoms with van der Waals surface area (Å²) >= 11 is 0. The van der Waals surface area contributed by atoms with Crippen molar-refractivity contribution >= 4 is 11.9 Å². The van der Waals surface area contributed by atoms with Gasteiger partial charge in [0.25, 0.3) is 0 Å². The van der Waals surface area contributed by atoms with E-state index in [9.17, 15) is 9.59 Å². The first-order chi connectivity index (χ1) is 10.2. The summed E-state index contributed by atoms with van der Waals surface area (Å²) in [4.78, 5) is 26.6. The first-order valence-corrected chi connectivity index (χ1v) is 8.40. The summed E-state index contributed by atoms with van der Waals surface area (Å²) in [6, 6.07) is 0.0706. The second-order valence-electron chi connectivity index (χ2n) is 7.63. The Morgan fingerprint density at radius 1 is 1.23 bits per heavy atom. The number of amides is 1. The molecular formula is C17H32N2O3. The fraction of sp³-hybridized carbons (Fsp3) is 0.882. The minimum Gasteiger partial charge on any atom is -0.480 e. The van der Waals surface area contributed by atoms with Crippen LogP contribution in [0.25, 0.3) is 0 Å². The fourth-order valence-electron chi connectivity index (χ4n) is 3.15. The number of likely N-dealkylation sites (tertiary alicyclic amines) is 1. The summed E-state index contributed by atoms with van der Waals surface area (Å²) in [5.41, 5.74) is 0.376. The van der Waals surface area contributed by atoms with Gasteiger partial charge in [-0.25, -0.2) is 0 Å². The van der Waals surface area contributed by atoms with E-state index in [1.165, 1.54) is 24.7 Å². The molecule has 5 nitrogen and oxygen atoms in total. The van der Waals surface area contributed by atoms with Crippen LogP contribution in [0.15, 0.2) is 0 Å². The Hall–Kier alpha value is -1.10. The van der Waals surface area contributed by atoms with E-state index in [2.05, 4.69) is 25.7 Å². The van der Waals surface area contributed by atoms with Gasteiger partial charge in [0.05, 0.1) is 0 Å². The Morgan fingerprint density at radius 3 is 2.45 bits per heavy atom. The molecular weight excluding hydrogens is 280 g/mol. The lowest BCUT2D eigenvalue weighted by Gasteiger charge is -2.29. The zero-order chi connectivity index (χ0) is 16.8. The molecule has 0 bridgehead atoms. The normalized spacial score (nSPS) is 20.5. The second-order valence-corrected chi connectivity index (χ2v) is 7.63. The molecule has 128 valence electrons. The monoisotopic (exact) mass is 312 g/mol. The highest BCUT2D eigenvalue weighted by atomic mass is 16.4. The second kappa shape index (κ2) is 8.51. The highest BCUT2D eigenvalue weighted by Gasteiger charge is 2.26. The largest absolute Gasteiger partial charge is 0.480 e. The summed E-state index contributed by atoms with van der Waals surface area (Å²) in [7, 11) is 0. The molecule has 0 saturated carbocycles. The van der Waals surface area contributed by atoms with Crippen molar-refractivity contribution in [2.75, 3.05) is 26.2 Å². The number of hydrogen-bond donors (Lipinski definition) is 1. The van der Waals surface area contributed by atoms with Gasteiger partial charge in [0.2, 0.25) is 5.91 Å². The van der Waals surface area contributed by atoms with Gasteiger partial charge in [0, 0.05) is 19.5 Å². The standard InChI is InChI=1S/C17H32N2O3/c1-14(20)19(13-16(21)22)15-7-5-10-18(12-8-15)11-6-9-17(2,3)4/h15H,5-13H2,1-4H3,(H,21,22). The molecule has 1 aliphatic heterocycles. The lowest BCUT2D eigenvalue weighted by molar-refractivity contribution is -0.145. The molecule has 1 fully saturated rings. The summed E-state index contributed by atoms with van der Waals surface area (Å²) in [6.07, 6.45) is 5.22. The van der Waals surface area contributed by atoms with Gasteiger partial charge in [0.15, 0.2) is 0 Å². The van der Waals surface area contributed by atoms with Gasteiger partial charge in [0.1, 0.15) is 6.54 Å². The number of carboxylic acids is 1. The van der Waals surface area contributed by atoms with Gasteiger partial charge in [-0.15, -0.1) is 0 Å². The van der Waals surface area contributed by atoms with E-state index in [-0.39, 0.29) is 18.5 Å². The first-order valence-electron chi connectivity index (χ1n) is 8.40. The van der Waals surface area contributed by atoms with Gasteiger partial charge < -0.3 is 14.9 Å². The molecule has 22 heavy (non-hydrogen) atoms. The van der Waals surface area contributed by atoms with Crippen LogP contribution < -0.4 is 0 Å². The SMILES string of the molecule is CC(=O)N(CC(=O)O)C1CCCN(CCCC(C)(C)C)CC1. The van der Waals surface area contributed by atoms with Crippen molar-refractivity contribution in [3.8, 4) is 0 Å². The molecule has 1 aliphatic rings. The molecule has 0 aromatic carbocycles. The zero-order valence-electron chi connectivity index (χ0n) is 14.6. The van der Waals surface area contributed by atoms with Crippen LogP contribution in [0.1, 0.15) is 59.8 Å². The highest BCUT2D eigenvalue weighted by molar-refractivity contribution is 5.79. The molecule has 1 saturated heterocycles. The van der Waals surface area contributed by atoms with Crippen LogP contribution in [0.5, 0.6) is 0 Å². The van der Waals surface area contributed by atoms with E-state index in [0.29, 0.717) is 5.41 Å². The molecule has 0 spiro atoms. The van der Waals surface area contributed by atoms with Gasteiger partial charge in [-0.05, 0) is 50.6 Å². The predicted molar refractivity (Wildman–Crippen MR) is 87.8 cm³/mol. The quantitative estimate of drug-likeness (QED) is 0.819. The third kappa shape index (κ3) is 7.25. The molecule has 1 heterocycles. The van der Waals surface area contributed by atoms with E-state index in [4.69, 9.17) is 5.11 Å². The average Bonchev–Trinajstić information content (AvgIpc) is 2.59. The van der Waals surface area contributed by atoms with Crippen LogP contribution in [0.3, 0.4) is 0 Å². The number of carbonyl (C=O) groups excluding carboxylic acids is 1. The van der Waals surface area contributed by atoms with Crippen LogP contribution in [0.2, 0.25) is 0 Å². The summed E-state index contributed by atoms with van der Waals surface area (Å²) in [6.45, 7) is 11.2. The van der Waals surface area contributed by atoms with Crippen molar-refractivity contribution in [2.45, 2.75) is 65.8 Å². The maximum absolute atomic E-state index is 11.7. The smallest absolute Gasteiger partial charge is 0.323 e. The molecule has 1 unspecified atom stereocenters. The number of rotatable bonds is 6. The molecule has 1 atom stereocenters. The molecule has 1 rings (SSSR count). The molecule has 0 aromatic heterocycles. The average molecular weight is 312 g/mol. The number of carbonyl (C=O) groups is 2. The van der Waals surface area contributed by atoms with Crippen molar-refractivity contribution < 1.29 is 14.7 Å². The summed E-state index contributed by atoms with van der Waals surface area (Å²) < 4.78 is 0. The summed E-state index contributed by atoms with van der Waals surface area (Å²) in [5.74, 6) is -1.06. The highest BCUT2D eigenvalue weighted by Crippen LogP contribution is 2.22. The Bertz CT molecular complexity index is 377. The molecule has 0 radical (unpaired) electrons. The summed E-state index contributed by atoms with van der Waals surface area (Å²) in [5, 5.41) is 8.97. The van der Waals surface area contributed by atoms with Gasteiger partial charge in [-0.1, -0.05) is 20.8 Å². The maximum Gasteiger partial charge on any atom is 0.323 e. The molecule has 0 aliphatic carbocycles. The zero-order valence-corrected chi connectivity index (χ0v) is 14.6.